The third-order valence-electron chi connectivity index (χ3n) is 4.48. The Morgan fingerprint density at radius 2 is 2.24 bits per heavy atom. The van der Waals surface area contributed by atoms with Gasteiger partial charge >= 0.3 is 0 Å². The van der Waals surface area contributed by atoms with Crippen molar-refractivity contribution >= 4 is 5.95 Å². The largest absolute Gasteiger partial charge is 0.508 e. The molecule has 4 rings (SSSR count). The summed E-state index contributed by atoms with van der Waals surface area (Å²) in [6, 6.07) is 7.63. The third-order valence-corrected chi connectivity index (χ3v) is 4.48. The molecule has 0 bridgehead atoms. The lowest BCUT2D eigenvalue weighted by Gasteiger charge is -2.24. The number of rotatable bonds is 2. The highest BCUT2D eigenvalue weighted by atomic mass is 16.3. The Bertz CT molecular complexity index is 626. The molecule has 2 atom stereocenters. The molecule has 21 heavy (non-hydrogen) atoms. The zero-order chi connectivity index (χ0) is 14.2. The molecule has 0 radical (unpaired) electrons. The second-order valence-corrected chi connectivity index (χ2v) is 5.90. The lowest BCUT2D eigenvalue weighted by molar-refractivity contribution is 0.340. The van der Waals surface area contributed by atoms with Gasteiger partial charge in [0.15, 0.2) is 5.82 Å². The summed E-state index contributed by atoms with van der Waals surface area (Å²) < 4.78 is 0. The predicted molar refractivity (Wildman–Crippen MR) is 80.2 cm³/mol. The molecule has 6 heteroatoms. The second-order valence-electron chi connectivity index (χ2n) is 5.90. The molecule has 2 aromatic rings. The van der Waals surface area contributed by atoms with Crippen LogP contribution in [0.1, 0.15) is 12.8 Å². The average molecular weight is 285 g/mol. The van der Waals surface area contributed by atoms with Crippen LogP contribution >= 0.6 is 0 Å². The summed E-state index contributed by atoms with van der Waals surface area (Å²) in [6.45, 7) is 3.12. The van der Waals surface area contributed by atoms with Crippen molar-refractivity contribution in [2.75, 3.05) is 24.5 Å². The molecule has 2 fully saturated rings. The molecule has 2 unspecified atom stereocenters. The molecule has 0 spiro atoms. The van der Waals surface area contributed by atoms with Crippen molar-refractivity contribution < 1.29 is 5.11 Å². The van der Waals surface area contributed by atoms with Crippen LogP contribution < -0.4 is 10.2 Å². The van der Waals surface area contributed by atoms with E-state index in [9.17, 15) is 5.11 Å². The van der Waals surface area contributed by atoms with Crippen LogP contribution in [0.4, 0.5) is 5.95 Å². The molecule has 110 valence electrons. The summed E-state index contributed by atoms with van der Waals surface area (Å²) in [7, 11) is 0. The second kappa shape index (κ2) is 5.04. The number of benzene rings is 1. The Balaban J connectivity index is 1.55. The number of phenols is 1. The van der Waals surface area contributed by atoms with Gasteiger partial charge in [0.2, 0.25) is 5.95 Å². The molecular formula is C15H19N5O. The number of fused-ring (bicyclic) bond motifs is 1. The highest BCUT2D eigenvalue weighted by Crippen LogP contribution is 2.28. The molecule has 2 aliphatic rings. The standard InChI is InChI=1S/C15H19N5O/c21-12-5-1-3-10(7-12)14-17-15(19-18-14)20-8-11-4-2-6-16-13(11)9-20/h1,3,5,7,11,13,16,21H,2,4,6,8-9H2,(H,17,18,19). The fourth-order valence-electron chi connectivity index (χ4n) is 3.39. The van der Waals surface area contributed by atoms with E-state index in [1.807, 2.05) is 6.07 Å². The number of anilines is 1. The fraction of sp³-hybridized carbons (Fsp3) is 0.467. The van der Waals surface area contributed by atoms with Crippen LogP contribution in [0.3, 0.4) is 0 Å². The number of aromatic nitrogens is 3. The molecule has 3 heterocycles. The molecule has 0 aliphatic carbocycles. The third kappa shape index (κ3) is 2.35. The predicted octanol–water partition coefficient (Wildman–Crippen LogP) is 1.37. The van der Waals surface area contributed by atoms with Crippen LogP contribution in [0.25, 0.3) is 11.4 Å². The van der Waals surface area contributed by atoms with E-state index in [0.717, 1.165) is 31.1 Å². The first-order valence-corrected chi connectivity index (χ1v) is 7.50. The highest BCUT2D eigenvalue weighted by Gasteiger charge is 2.35. The number of nitrogens with one attached hydrogen (secondary N) is 2. The minimum atomic E-state index is 0.238. The summed E-state index contributed by atoms with van der Waals surface area (Å²) in [5.41, 5.74) is 0.850. The van der Waals surface area contributed by atoms with Gasteiger partial charge in [-0.25, -0.2) is 0 Å². The zero-order valence-electron chi connectivity index (χ0n) is 11.8. The van der Waals surface area contributed by atoms with Crippen LogP contribution in [-0.4, -0.2) is 46.0 Å². The lowest BCUT2D eigenvalue weighted by atomic mass is 9.94. The van der Waals surface area contributed by atoms with Crippen LogP contribution in [-0.2, 0) is 0 Å². The van der Waals surface area contributed by atoms with Gasteiger partial charge in [-0.05, 0) is 37.4 Å². The molecule has 1 aromatic carbocycles. The minimum absolute atomic E-state index is 0.238. The Hall–Kier alpha value is -2.08. The van der Waals surface area contributed by atoms with Crippen LogP contribution in [0.5, 0.6) is 5.75 Å². The van der Waals surface area contributed by atoms with Gasteiger partial charge in [0.1, 0.15) is 5.75 Å². The average Bonchev–Trinajstić information content (AvgIpc) is 3.14. The van der Waals surface area contributed by atoms with E-state index in [1.165, 1.54) is 12.8 Å². The minimum Gasteiger partial charge on any atom is -0.508 e. The monoisotopic (exact) mass is 285 g/mol. The van der Waals surface area contributed by atoms with Gasteiger partial charge in [-0.2, -0.15) is 4.98 Å². The maximum absolute atomic E-state index is 9.55. The quantitative estimate of drug-likeness (QED) is 0.777. The van der Waals surface area contributed by atoms with Gasteiger partial charge in [0.05, 0.1) is 0 Å². The Morgan fingerprint density at radius 1 is 1.29 bits per heavy atom. The van der Waals surface area contributed by atoms with E-state index >= 15 is 0 Å². The van der Waals surface area contributed by atoms with Crippen LogP contribution in [0.15, 0.2) is 24.3 Å². The van der Waals surface area contributed by atoms with E-state index in [0.29, 0.717) is 17.8 Å². The van der Waals surface area contributed by atoms with Crippen molar-refractivity contribution in [3.05, 3.63) is 24.3 Å². The van der Waals surface area contributed by atoms with Crippen LogP contribution in [0.2, 0.25) is 0 Å². The Morgan fingerprint density at radius 3 is 3.10 bits per heavy atom. The van der Waals surface area contributed by atoms with E-state index in [2.05, 4.69) is 25.4 Å². The van der Waals surface area contributed by atoms with E-state index < -0.39 is 0 Å². The molecule has 2 saturated heterocycles. The number of H-pyrrole nitrogens is 1. The lowest BCUT2D eigenvalue weighted by Crippen LogP contribution is -2.40. The van der Waals surface area contributed by atoms with Gasteiger partial charge < -0.3 is 15.3 Å². The summed E-state index contributed by atoms with van der Waals surface area (Å²) in [5.74, 6) is 2.40. The molecule has 1 aromatic heterocycles. The Labute approximate surface area is 123 Å². The summed E-state index contributed by atoms with van der Waals surface area (Å²) >= 11 is 0. The van der Waals surface area contributed by atoms with E-state index in [-0.39, 0.29) is 5.75 Å². The SMILES string of the molecule is Oc1cccc(-c2nc(N3CC4CCCNC4C3)n[nH]2)c1. The first-order valence-electron chi connectivity index (χ1n) is 7.50. The fourth-order valence-corrected chi connectivity index (χ4v) is 3.39. The maximum Gasteiger partial charge on any atom is 0.245 e. The van der Waals surface area contributed by atoms with Gasteiger partial charge in [-0.15, -0.1) is 5.10 Å². The number of phenolic OH excluding ortho intramolecular Hbond substituents is 1. The summed E-state index contributed by atoms with van der Waals surface area (Å²) in [5, 5.41) is 20.5. The zero-order valence-corrected chi connectivity index (χ0v) is 11.8. The van der Waals surface area contributed by atoms with Crippen molar-refractivity contribution in [2.24, 2.45) is 5.92 Å². The van der Waals surface area contributed by atoms with Gasteiger partial charge in [0.25, 0.3) is 0 Å². The molecule has 6 nitrogen and oxygen atoms in total. The topological polar surface area (TPSA) is 77.1 Å². The first-order chi connectivity index (χ1) is 10.3. The molecule has 0 amide bonds. The van der Waals surface area contributed by atoms with E-state index in [1.54, 1.807) is 18.2 Å². The van der Waals surface area contributed by atoms with Crippen molar-refractivity contribution in [3.63, 3.8) is 0 Å². The number of hydrogen-bond acceptors (Lipinski definition) is 5. The number of hydrogen-bond donors (Lipinski definition) is 3. The van der Waals surface area contributed by atoms with Gasteiger partial charge in [0, 0.05) is 24.7 Å². The van der Waals surface area contributed by atoms with Gasteiger partial charge in [-0.3, -0.25) is 5.10 Å². The number of nitrogens with zero attached hydrogens (tertiary/aromatic N) is 3. The summed E-state index contributed by atoms with van der Waals surface area (Å²) in [4.78, 5) is 6.83. The van der Waals surface area contributed by atoms with Crippen LogP contribution in [0, 0.1) is 5.92 Å². The first kappa shape index (κ1) is 12.6. The molecule has 2 aliphatic heterocycles. The molecule has 3 N–H and O–H groups in total. The van der Waals surface area contributed by atoms with Crippen molar-refractivity contribution in [2.45, 2.75) is 18.9 Å². The normalized spacial score (nSPS) is 25.0. The number of aromatic hydroxyl groups is 1. The number of piperidine rings is 1. The maximum atomic E-state index is 9.55. The van der Waals surface area contributed by atoms with Crippen molar-refractivity contribution in [1.82, 2.24) is 20.5 Å². The highest BCUT2D eigenvalue weighted by molar-refractivity contribution is 5.58. The smallest absolute Gasteiger partial charge is 0.245 e. The molecular weight excluding hydrogens is 266 g/mol. The summed E-state index contributed by atoms with van der Waals surface area (Å²) in [6.07, 6.45) is 2.55. The number of aromatic amines is 1. The van der Waals surface area contributed by atoms with Crippen molar-refractivity contribution in [3.8, 4) is 17.1 Å². The molecule has 0 saturated carbocycles. The van der Waals surface area contributed by atoms with E-state index in [4.69, 9.17) is 0 Å². The van der Waals surface area contributed by atoms with Crippen molar-refractivity contribution in [1.29, 1.82) is 0 Å². The van der Waals surface area contributed by atoms with Gasteiger partial charge in [-0.1, -0.05) is 12.1 Å². The Kier molecular flexibility index (Phi) is 3.03.